The number of aryl methyl sites for hydroxylation is 1. The van der Waals surface area contributed by atoms with Crippen LogP contribution in [0.15, 0.2) is 39.3 Å². The molecule has 3 aromatic rings. The van der Waals surface area contributed by atoms with Gasteiger partial charge in [0.25, 0.3) is 5.91 Å². The molecule has 0 aliphatic carbocycles. The molecule has 124 valence electrons. The van der Waals surface area contributed by atoms with Crippen molar-refractivity contribution in [2.24, 2.45) is 0 Å². The Morgan fingerprint density at radius 3 is 2.67 bits per heavy atom. The Balaban J connectivity index is 1.70. The zero-order valence-electron chi connectivity index (χ0n) is 13.7. The van der Waals surface area contributed by atoms with Crippen LogP contribution in [0, 0.1) is 6.92 Å². The highest BCUT2D eigenvalue weighted by molar-refractivity contribution is 5.96. The van der Waals surface area contributed by atoms with E-state index in [0.29, 0.717) is 28.8 Å². The van der Waals surface area contributed by atoms with E-state index in [-0.39, 0.29) is 18.4 Å². The number of rotatable bonds is 5. The number of benzene rings is 1. The van der Waals surface area contributed by atoms with Gasteiger partial charge in [-0.1, -0.05) is 37.2 Å². The number of amides is 1. The minimum atomic E-state index is -0.267. The summed E-state index contributed by atoms with van der Waals surface area (Å²) in [5, 5.41) is 14.6. The van der Waals surface area contributed by atoms with Gasteiger partial charge in [0.05, 0.1) is 12.2 Å². The molecule has 2 aromatic heterocycles. The predicted molar refractivity (Wildman–Crippen MR) is 86.2 cm³/mol. The fourth-order valence-corrected chi connectivity index (χ4v) is 2.32. The van der Waals surface area contributed by atoms with Crippen molar-refractivity contribution in [2.75, 3.05) is 0 Å². The number of carbonyl (C=O) groups excluding carboxylic acids is 1. The second kappa shape index (κ2) is 6.66. The van der Waals surface area contributed by atoms with Crippen LogP contribution in [0.3, 0.4) is 0 Å². The SMILES string of the molecule is Cc1noc(C(C)C)c1C(=O)NCc1nnc(-c2ccccc2)o1. The zero-order valence-corrected chi connectivity index (χ0v) is 13.7. The van der Waals surface area contributed by atoms with E-state index in [4.69, 9.17) is 8.94 Å². The molecule has 7 nitrogen and oxygen atoms in total. The molecule has 0 radical (unpaired) electrons. The smallest absolute Gasteiger partial charge is 0.257 e. The Hall–Kier alpha value is -2.96. The van der Waals surface area contributed by atoms with Crippen molar-refractivity contribution in [3.63, 3.8) is 0 Å². The lowest BCUT2D eigenvalue weighted by atomic mass is 10.0. The molecule has 0 aliphatic rings. The molecule has 7 heteroatoms. The first-order chi connectivity index (χ1) is 11.6. The zero-order chi connectivity index (χ0) is 17.1. The molecule has 2 heterocycles. The van der Waals surface area contributed by atoms with Crippen LogP contribution in [-0.2, 0) is 6.54 Å². The van der Waals surface area contributed by atoms with E-state index in [9.17, 15) is 4.79 Å². The van der Waals surface area contributed by atoms with Gasteiger partial charge in [-0.25, -0.2) is 0 Å². The van der Waals surface area contributed by atoms with Gasteiger partial charge in [0.15, 0.2) is 5.76 Å². The maximum atomic E-state index is 12.4. The molecule has 0 aliphatic heterocycles. The number of carbonyl (C=O) groups is 1. The molecule has 3 rings (SSSR count). The van der Waals surface area contributed by atoms with E-state index in [0.717, 1.165) is 5.56 Å². The fraction of sp³-hybridized carbons (Fsp3) is 0.294. The first kappa shape index (κ1) is 15.9. The molecule has 0 saturated heterocycles. The second-order valence-corrected chi connectivity index (χ2v) is 5.71. The molecule has 0 saturated carbocycles. The van der Waals surface area contributed by atoms with E-state index in [1.54, 1.807) is 6.92 Å². The molecule has 24 heavy (non-hydrogen) atoms. The third-order valence-electron chi connectivity index (χ3n) is 3.53. The summed E-state index contributed by atoms with van der Waals surface area (Å²) in [5.74, 6) is 1.13. The van der Waals surface area contributed by atoms with E-state index < -0.39 is 0 Å². The Bertz CT molecular complexity index is 837. The third kappa shape index (κ3) is 3.19. The number of hydrogen-bond donors (Lipinski definition) is 1. The molecular weight excluding hydrogens is 308 g/mol. The summed E-state index contributed by atoms with van der Waals surface area (Å²) in [7, 11) is 0. The number of hydrogen-bond acceptors (Lipinski definition) is 6. The lowest BCUT2D eigenvalue weighted by molar-refractivity contribution is 0.0944. The van der Waals surface area contributed by atoms with Crippen LogP contribution in [-0.4, -0.2) is 21.3 Å². The average molecular weight is 326 g/mol. The van der Waals surface area contributed by atoms with Crippen LogP contribution < -0.4 is 5.32 Å². The second-order valence-electron chi connectivity index (χ2n) is 5.71. The van der Waals surface area contributed by atoms with Gasteiger partial charge < -0.3 is 14.3 Å². The van der Waals surface area contributed by atoms with Gasteiger partial charge in [0.2, 0.25) is 11.8 Å². The van der Waals surface area contributed by atoms with Crippen molar-refractivity contribution in [1.29, 1.82) is 0 Å². The number of nitrogens with one attached hydrogen (secondary N) is 1. The first-order valence-electron chi connectivity index (χ1n) is 7.68. The fourth-order valence-electron chi connectivity index (χ4n) is 2.32. The molecule has 0 unspecified atom stereocenters. The van der Waals surface area contributed by atoms with Gasteiger partial charge in [-0.3, -0.25) is 4.79 Å². The van der Waals surface area contributed by atoms with E-state index in [2.05, 4.69) is 20.7 Å². The molecule has 0 fully saturated rings. The van der Waals surface area contributed by atoms with E-state index in [1.807, 2.05) is 44.2 Å². The summed E-state index contributed by atoms with van der Waals surface area (Å²) in [6, 6.07) is 9.46. The summed E-state index contributed by atoms with van der Waals surface area (Å²) in [6.07, 6.45) is 0. The van der Waals surface area contributed by atoms with Crippen molar-refractivity contribution in [2.45, 2.75) is 33.2 Å². The Kier molecular flexibility index (Phi) is 4.41. The normalized spacial score (nSPS) is 11.0. The molecule has 0 bridgehead atoms. The highest BCUT2D eigenvalue weighted by Crippen LogP contribution is 2.22. The Labute approximate surface area is 139 Å². The lowest BCUT2D eigenvalue weighted by Gasteiger charge is -2.05. The Morgan fingerprint density at radius 2 is 1.96 bits per heavy atom. The maximum absolute atomic E-state index is 12.4. The van der Waals surface area contributed by atoms with Crippen LogP contribution in [0.4, 0.5) is 0 Å². The Morgan fingerprint density at radius 1 is 1.21 bits per heavy atom. The van der Waals surface area contributed by atoms with Crippen LogP contribution in [0.5, 0.6) is 0 Å². The largest absolute Gasteiger partial charge is 0.419 e. The van der Waals surface area contributed by atoms with Crippen molar-refractivity contribution in [3.05, 3.63) is 53.2 Å². The molecule has 1 amide bonds. The average Bonchev–Trinajstić information content (AvgIpc) is 3.20. The lowest BCUT2D eigenvalue weighted by Crippen LogP contribution is -2.24. The van der Waals surface area contributed by atoms with Gasteiger partial charge in [0.1, 0.15) is 5.56 Å². The van der Waals surface area contributed by atoms with Crippen molar-refractivity contribution < 1.29 is 13.7 Å². The minimum absolute atomic E-state index is 0.0695. The van der Waals surface area contributed by atoms with Gasteiger partial charge >= 0.3 is 0 Å². The highest BCUT2D eigenvalue weighted by atomic mass is 16.5. The van der Waals surface area contributed by atoms with E-state index in [1.165, 1.54) is 0 Å². The third-order valence-corrected chi connectivity index (χ3v) is 3.53. The van der Waals surface area contributed by atoms with Crippen molar-refractivity contribution in [3.8, 4) is 11.5 Å². The van der Waals surface area contributed by atoms with Crippen LogP contribution in [0.25, 0.3) is 11.5 Å². The standard InChI is InChI=1S/C17H18N4O3/c1-10(2)15-14(11(3)21-24-15)16(22)18-9-13-19-20-17(23-13)12-7-5-4-6-8-12/h4-8,10H,9H2,1-3H3,(H,18,22). The summed E-state index contributed by atoms with van der Waals surface area (Å²) in [5.41, 5.74) is 1.86. The van der Waals surface area contributed by atoms with Crippen LogP contribution >= 0.6 is 0 Å². The summed E-state index contributed by atoms with van der Waals surface area (Å²) >= 11 is 0. The van der Waals surface area contributed by atoms with Gasteiger partial charge in [-0.05, 0) is 19.1 Å². The van der Waals surface area contributed by atoms with Gasteiger partial charge in [-0.2, -0.15) is 0 Å². The number of aromatic nitrogens is 3. The summed E-state index contributed by atoms with van der Waals surface area (Å²) < 4.78 is 10.8. The monoisotopic (exact) mass is 326 g/mol. The molecule has 0 spiro atoms. The van der Waals surface area contributed by atoms with Crippen LogP contribution in [0.2, 0.25) is 0 Å². The minimum Gasteiger partial charge on any atom is -0.419 e. The number of nitrogens with zero attached hydrogens (tertiary/aromatic N) is 3. The van der Waals surface area contributed by atoms with Crippen molar-refractivity contribution in [1.82, 2.24) is 20.7 Å². The predicted octanol–water partition coefficient (Wildman–Crippen LogP) is 3.09. The summed E-state index contributed by atoms with van der Waals surface area (Å²) in [6.45, 7) is 5.77. The van der Waals surface area contributed by atoms with Crippen molar-refractivity contribution >= 4 is 5.91 Å². The molecular formula is C17H18N4O3. The van der Waals surface area contributed by atoms with Gasteiger partial charge in [-0.15, -0.1) is 10.2 Å². The molecule has 1 N–H and O–H groups in total. The van der Waals surface area contributed by atoms with Crippen LogP contribution in [0.1, 0.15) is 47.5 Å². The summed E-state index contributed by atoms with van der Waals surface area (Å²) in [4.78, 5) is 12.4. The molecule has 0 atom stereocenters. The topological polar surface area (TPSA) is 94.1 Å². The molecule has 1 aromatic carbocycles. The first-order valence-corrected chi connectivity index (χ1v) is 7.68. The highest BCUT2D eigenvalue weighted by Gasteiger charge is 2.22. The van der Waals surface area contributed by atoms with Gasteiger partial charge in [0, 0.05) is 11.5 Å². The maximum Gasteiger partial charge on any atom is 0.257 e. The van der Waals surface area contributed by atoms with E-state index >= 15 is 0 Å². The quantitative estimate of drug-likeness (QED) is 0.774.